The number of hydrogen-bond donors (Lipinski definition) is 3. The van der Waals surface area contributed by atoms with Crippen LogP contribution in [0.3, 0.4) is 0 Å². The largest absolute Gasteiger partial charge is 0.490 e. The average Bonchev–Trinajstić information content (AvgIpc) is 2.69. The van der Waals surface area contributed by atoms with E-state index in [2.05, 4.69) is 10.3 Å². The molecule has 1 aromatic carbocycles. The smallest absolute Gasteiger partial charge is 0.328 e. The first-order valence-electron chi connectivity index (χ1n) is 9.18. The summed E-state index contributed by atoms with van der Waals surface area (Å²) in [6.07, 6.45) is 2.50. The van der Waals surface area contributed by atoms with Gasteiger partial charge in [-0.25, -0.2) is 19.9 Å². The molecule has 1 aromatic rings. The van der Waals surface area contributed by atoms with Gasteiger partial charge in [0.05, 0.1) is 7.11 Å². The monoisotopic (exact) mass is 421 g/mol. The van der Waals surface area contributed by atoms with E-state index in [0.717, 1.165) is 5.57 Å². The minimum atomic E-state index is -0.893. The first-order valence-corrected chi connectivity index (χ1v) is 9.18. The number of rotatable bonds is 11. The minimum absolute atomic E-state index is 0.133. The number of amides is 1. The Morgan fingerprint density at radius 2 is 1.97 bits per heavy atom. The van der Waals surface area contributed by atoms with Crippen LogP contribution in [0.2, 0.25) is 0 Å². The van der Waals surface area contributed by atoms with Gasteiger partial charge in [-0.05, 0) is 57.0 Å². The van der Waals surface area contributed by atoms with Gasteiger partial charge in [0, 0.05) is 12.1 Å². The maximum atomic E-state index is 12.5. The standard InChI is InChI=1S/C19H27N5O6/c1-13(2)10-12-30-15-8-6-14(7-9-15)17(25)22-16(18(26)29-3)5-4-11-21-19(20)23-24(27)28/h6-10,16H,4-5,11-12H2,1-3H3,(H,22,25)(H3,20,21,23)/t16-/m0/s1. The van der Waals surface area contributed by atoms with E-state index in [0.29, 0.717) is 24.3 Å². The van der Waals surface area contributed by atoms with Crippen molar-refractivity contribution in [2.24, 2.45) is 10.7 Å². The molecule has 0 bridgehead atoms. The van der Waals surface area contributed by atoms with Gasteiger partial charge in [0.25, 0.3) is 11.9 Å². The molecule has 11 heteroatoms. The molecule has 0 aliphatic carbocycles. The summed E-state index contributed by atoms with van der Waals surface area (Å²) in [6, 6.07) is 5.63. The van der Waals surface area contributed by atoms with Crippen LogP contribution in [-0.2, 0) is 9.53 Å². The highest BCUT2D eigenvalue weighted by Crippen LogP contribution is 2.13. The van der Waals surface area contributed by atoms with Crippen molar-refractivity contribution in [2.75, 3.05) is 20.3 Å². The fourth-order valence-corrected chi connectivity index (χ4v) is 2.26. The summed E-state index contributed by atoms with van der Waals surface area (Å²) in [4.78, 5) is 38.4. The van der Waals surface area contributed by atoms with E-state index in [1.165, 1.54) is 7.11 Å². The molecule has 0 saturated carbocycles. The van der Waals surface area contributed by atoms with Crippen LogP contribution in [0.4, 0.5) is 0 Å². The Kier molecular flexibility index (Phi) is 10.4. The SMILES string of the molecule is COC(=O)[C@H](CCCN=C(N)N[N+](=O)[O-])NC(=O)c1ccc(OCC=C(C)C)cc1. The topological polar surface area (TPSA) is 158 Å². The zero-order chi connectivity index (χ0) is 22.5. The van der Waals surface area contributed by atoms with Crippen LogP contribution in [-0.4, -0.2) is 49.2 Å². The lowest BCUT2D eigenvalue weighted by atomic mass is 10.1. The fraction of sp³-hybridized carbons (Fsp3) is 0.421. The predicted octanol–water partition coefficient (Wildman–Crippen LogP) is 1.18. The number of nitrogens with zero attached hydrogens (tertiary/aromatic N) is 2. The van der Waals surface area contributed by atoms with E-state index in [1.807, 2.05) is 19.9 Å². The molecule has 0 fully saturated rings. The van der Waals surface area contributed by atoms with Crippen LogP contribution in [0.15, 0.2) is 40.9 Å². The van der Waals surface area contributed by atoms with Crippen molar-refractivity contribution in [2.45, 2.75) is 32.7 Å². The summed E-state index contributed by atoms with van der Waals surface area (Å²) in [7, 11) is 1.22. The number of nitro groups is 1. The van der Waals surface area contributed by atoms with Crippen molar-refractivity contribution in [1.29, 1.82) is 0 Å². The van der Waals surface area contributed by atoms with E-state index in [4.69, 9.17) is 15.2 Å². The van der Waals surface area contributed by atoms with Gasteiger partial charge in [0.1, 0.15) is 18.4 Å². The normalized spacial score (nSPS) is 11.8. The molecule has 1 rings (SSSR count). The quantitative estimate of drug-likeness (QED) is 0.0914. The average molecular weight is 421 g/mol. The molecule has 0 aromatic heterocycles. The molecule has 30 heavy (non-hydrogen) atoms. The number of nitrogens with one attached hydrogen (secondary N) is 2. The van der Waals surface area contributed by atoms with Crippen molar-refractivity contribution in [3.05, 3.63) is 51.6 Å². The zero-order valence-corrected chi connectivity index (χ0v) is 17.2. The number of aliphatic imine (C=N–C) groups is 1. The Labute approximate surface area is 174 Å². The number of allylic oxidation sites excluding steroid dienone is 1. The van der Waals surface area contributed by atoms with Crippen LogP contribution < -0.4 is 21.2 Å². The van der Waals surface area contributed by atoms with Crippen LogP contribution >= 0.6 is 0 Å². The third kappa shape index (κ3) is 9.53. The van der Waals surface area contributed by atoms with Gasteiger partial charge in [0.15, 0.2) is 5.03 Å². The number of esters is 1. The summed E-state index contributed by atoms with van der Waals surface area (Å²) in [6.45, 7) is 4.51. The highest BCUT2D eigenvalue weighted by atomic mass is 16.7. The van der Waals surface area contributed by atoms with Gasteiger partial charge in [-0.2, -0.15) is 0 Å². The lowest BCUT2D eigenvalue weighted by molar-refractivity contribution is -0.525. The molecule has 0 spiro atoms. The van der Waals surface area contributed by atoms with Crippen molar-refractivity contribution in [3.8, 4) is 5.75 Å². The molecule has 0 aliphatic heterocycles. The third-order valence-corrected chi connectivity index (χ3v) is 3.79. The Hall–Kier alpha value is -3.63. The first kappa shape index (κ1) is 24.4. The van der Waals surface area contributed by atoms with Crippen LogP contribution in [0, 0.1) is 10.1 Å². The highest BCUT2D eigenvalue weighted by Gasteiger charge is 2.21. The Bertz CT molecular complexity index is 787. The number of benzene rings is 1. The summed E-state index contributed by atoms with van der Waals surface area (Å²) in [5.74, 6) is -0.775. The summed E-state index contributed by atoms with van der Waals surface area (Å²) in [5, 5.41) is 12.0. The van der Waals surface area contributed by atoms with Crippen molar-refractivity contribution < 1.29 is 24.1 Å². The van der Waals surface area contributed by atoms with Crippen LogP contribution in [0.5, 0.6) is 5.75 Å². The van der Waals surface area contributed by atoms with Gasteiger partial charge in [0.2, 0.25) is 0 Å². The number of carbonyl (C=O) groups is 2. The number of ether oxygens (including phenoxy) is 2. The number of nitrogens with two attached hydrogens (primary N) is 1. The number of methoxy groups -OCH3 is 1. The predicted molar refractivity (Wildman–Crippen MR) is 110 cm³/mol. The Morgan fingerprint density at radius 1 is 1.30 bits per heavy atom. The van der Waals surface area contributed by atoms with Crippen molar-refractivity contribution in [3.63, 3.8) is 0 Å². The zero-order valence-electron chi connectivity index (χ0n) is 17.2. The molecule has 0 aliphatic rings. The number of guanidine groups is 1. The van der Waals surface area contributed by atoms with E-state index in [1.54, 1.807) is 29.7 Å². The summed E-state index contributed by atoms with van der Waals surface area (Å²) >= 11 is 0. The summed E-state index contributed by atoms with van der Waals surface area (Å²) in [5.41, 5.74) is 8.53. The molecule has 1 atom stereocenters. The van der Waals surface area contributed by atoms with E-state index in [-0.39, 0.29) is 18.9 Å². The molecule has 0 unspecified atom stereocenters. The van der Waals surface area contributed by atoms with Gasteiger partial charge in [-0.1, -0.05) is 11.0 Å². The molecule has 0 saturated heterocycles. The molecular weight excluding hydrogens is 394 g/mol. The van der Waals surface area contributed by atoms with Crippen molar-refractivity contribution >= 4 is 17.8 Å². The highest BCUT2D eigenvalue weighted by molar-refractivity contribution is 5.96. The second-order valence-corrected chi connectivity index (χ2v) is 6.44. The molecule has 11 nitrogen and oxygen atoms in total. The number of hydrogen-bond acceptors (Lipinski definition) is 7. The molecule has 0 heterocycles. The maximum absolute atomic E-state index is 12.5. The Balaban J connectivity index is 2.62. The number of carbonyl (C=O) groups excluding carboxylic acids is 2. The van der Waals surface area contributed by atoms with Gasteiger partial charge >= 0.3 is 5.97 Å². The molecule has 4 N–H and O–H groups in total. The first-order chi connectivity index (χ1) is 14.2. The van der Waals surface area contributed by atoms with Crippen LogP contribution in [0.1, 0.15) is 37.0 Å². The number of hydrazine groups is 1. The van der Waals surface area contributed by atoms with Gasteiger partial charge in [-0.3, -0.25) is 4.79 Å². The molecule has 164 valence electrons. The lowest BCUT2D eigenvalue weighted by Crippen LogP contribution is -2.41. The molecule has 1 amide bonds. The van der Waals surface area contributed by atoms with Crippen molar-refractivity contribution in [1.82, 2.24) is 10.7 Å². The van der Waals surface area contributed by atoms with Gasteiger partial charge in [-0.15, -0.1) is 0 Å². The van der Waals surface area contributed by atoms with Crippen LogP contribution in [0.25, 0.3) is 0 Å². The van der Waals surface area contributed by atoms with E-state index in [9.17, 15) is 19.7 Å². The Morgan fingerprint density at radius 3 is 2.53 bits per heavy atom. The second-order valence-electron chi connectivity index (χ2n) is 6.44. The summed E-state index contributed by atoms with van der Waals surface area (Å²) < 4.78 is 10.3. The third-order valence-electron chi connectivity index (χ3n) is 3.79. The second kappa shape index (κ2) is 12.8. The van der Waals surface area contributed by atoms with Gasteiger partial charge < -0.3 is 20.5 Å². The molecular formula is C19H27N5O6. The minimum Gasteiger partial charge on any atom is -0.490 e. The van der Waals surface area contributed by atoms with E-state index < -0.39 is 23.0 Å². The lowest BCUT2D eigenvalue weighted by Gasteiger charge is -2.16. The fourth-order valence-electron chi connectivity index (χ4n) is 2.26. The molecule has 0 radical (unpaired) electrons. The van der Waals surface area contributed by atoms with E-state index >= 15 is 0 Å². The maximum Gasteiger partial charge on any atom is 0.328 e.